The lowest BCUT2D eigenvalue weighted by Gasteiger charge is -2.11. The number of aryl methyl sites for hydroxylation is 1. The largest absolute Gasteiger partial charge is 0.379 e. The second-order valence-corrected chi connectivity index (χ2v) is 6.28. The zero-order valence-electron chi connectivity index (χ0n) is 15.7. The molecule has 0 spiro atoms. The van der Waals surface area contributed by atoms with Crippen LogP contribution in [-0.2, 0) is 22.3 Å². The molecule has 1 aromatic heterocycles. The van der Waals surface area contributed by atoms with Crippen LogP contribution >= 0.6 is 35.3 Å². The maximum atomic E-state index is 5.52. The molecule has 1 rings (SSSR count). The fourth-order valence-corrected chi connectivity index (χ4v) is 2.74. The molecule has 1 heterocycles. The Morgan fingerprint density at radius 1 is 1.12 bits per heavy atom. The summed E-state index contributed by atoms with van der Waals surface area (Å²) in [6.45, 7) is 8.61. The number of thiazole rings is 1. The summed E-state index contributed by atoms with van der Waals surface area (Å²) in [7, 11) is 1.77. The standard InChI is InChI=1S/C17H32N4O2S.HI/c1-4-6-10-22-12-13-23-11-9-20-17(18-3)19-8-7-15-14-24-16(5-2)21-15;/h14H,4-13H2,1-3H3,(H2,18,19,20);1H. The highest BCUT2D eigenvalue weighted by Gasteiger charge is 2.01. The van der Waals surface area contributed by atoms with E-state index in [0.717, 1.165) is 50.6 Å². The van der Waals surface area contributed by atoms with Crippen LogP contribution in [0.3, 0.4) is 0 Å². The fourth-order valence-electron chi connectivity index (χ4n) is 1.97. The van der Waals surface area contributed by atoms with Gasteiger partial charge in [0.1, 0.15) is 0 Å². The van der Waals surface area contributed by atoms with E-state index < -0.39 is 0 Å². The van der Waals surface area contributed by atoms with Gasteiger partial charge in [-0.05, 0) is 12.8 Å². The lowest BCUT2D eigenvalue weighted by atomic mass is 10.3. The van der Waals surface area contributed by atoms with Gasteiger partial charge in [-0.1, -0.05) is 20.3 Å². The molecule has 0 aromatic carbocycles. The molecule has 25 heavy (non-hydrogen) atoms. The van der Waals surface area contributed by atoms with Crippen LogP contribution in [0.5, 0.6) is 0 Å². The van der Waals surface area contributed by atoms with Crippen LogP contribution in [0.15, 0.2) is 10.4 Å². The summed E-state index contributed by atoms with van der Waals surface area (Å²) in [5, 5.41) is 9.86. The molecule has 0 amide bonds. The van der Waals surface area contributed by atoms with E-state index in [0.29, 0.717) is 19.8 Å². The Hall–Kier alpha value is -0.450. The van der Waals surface area contributed by atoms with Crippen LogP contribution in [0.1, 0.15) is 37.4 Å². The van der Waals surface area contributed by atoms with Gasteiger partial charge in [0.25, 0.3) is 0 Å². The first-order chi connectivity index (χ1) is 11.8. The normalized spacial score (nSPS) is 11.2. The Morgan fingerprint density at radius 2 is 1.84 bits per heavy atom. The lowest BCUT2D eigenvalue weighted by molar-refractivity contribution is 0.0487. The first-order valence-corrected chi connectivity index (χ1v) is 9.71. The maximum absolute atomic E-state index is 5.52. The summed E-state index contributed by atoms with van der Waals surface area (Å²) < 4.78 is 11.0. The third-order valence-electron chi connectivity index (χ3n) is 3.35. The predicted molar refractivity (Wildman–Crippen MR) is 117 cm³/mol. The van der Waals surface area contributed by atoms with Crippen molar-refractivity contribution >= 4 is 41.3 Å². The number of nitrogens with zero attached hydrogens (tertiary/aromatic N) is 2. The molecular formula is C17H33IN4O2S. The SMILES string of the molecule is CCCCOCCOCCNC(=NC)NCCc1csc(CC)n1.I. The molecule has 146 valence electrons. The molecular weight excluding hydrogens is 451 g/mol. The number of hydrogen-bond donors (Lipinski definition) is 2. The molecule has 0 atom stereocenters. The van der Waals surface area contributed by atoms with Crippen LogP contribution in [0.2, 0.25) is 0 Å². The van der Waals surface area contributed by atoms with Crippen LogP contribution in [0, 0.1) is 0 Å². The van der Waals surface area contributed by atoms with Gasteiger partial charge in [0, 0.05) is 38.5 Å². The van der Waals surface area contributed by atoms with E-state index in [4.69, 9.17) is 9.47 Å². The van der Waals surface area contributed by atoms with Gasteiger partial charge in [0.2, 0.25) is 0 Å². The molecule has 0 saturated heterocycles. The minimum Gasteiger partial charge on any atom is -0.379 e. The number of aromatic nitrogens is 1. The zero-order valence-corrected chi connectivity index (χ0v) is 18.8. The molecule has 2 N–H and O–H groups in total. The quantitative estimate of drug-likeness (QED) is 0.195. The van der Waals surface area contributed by atoms with Crippen molar-refractivity contribution in [2.24, 2.45) is 4.99 Å². The zero-order chi connectivity index (χ0) is 17.5. The summed E-state index contributed by atoms with van der Waals surface area (Å²) in [6.07, 6.45) is 4.19. The van der Waals surface area contributed by atoms with Crippen molar-refractivity contribution in [3.63, 3.8) is 0 Å². The van der Waals surface area contributed by atoms with Crippen molar-refractivity contribution in [3.05, 3.63) is 16.1 Å². The number of rotatable bonds is 13. The highest BCUT2D eigenvalue weighted by molar-refractivity contribution is 14.0. The Morgan fingerprint density at radius 3 is 2.48 bits per heavy atom. The molecule has 0 aliphatic heterocycles. The Labute approximate surface area is 173 Å². The average molecular weight is 484 g/mol. The third kappa shape index (κ3) is 12.5. The number of guanidine groups is 1. The summed E-state index contributed by atoms with van der Waals surface area (Å²) in [6, 6.07) is 0. The Kier molecular flexibility index (Phi) is 16.7. The van der Waals surface area contributed by atoms with E-state index in [9.17, 15) is 0 Å². The van der Waals surface area contributed by atoms with Crippen molar-refractivity contribution in [1.29, 1.82) is 0 Å². The second-order valence-electron chi connectivity index (χ2n) is 5.34. The predicted octanol–water partition coefficient (Wildman–Crippen LogP) is 2.86. The minimum absolute atomic E-state index is 0. The van der Waals surface area contributed by atoms with Crippen molar-refractivity contribution in [2.45, 2.75) is 39.5 Å². The smallest absolute Gasteiger partial charge is 0.191 e. The molecule has 0 radical (unpaired) electrons. The number of halogens is 1. The molecule has 0 saturated carbocycles. The molecule has 0 fully saturated rings. The number of aliphatic imine (C=N–C) groups is 1. The number of unbranched alkanes of at least 4 members (excludes halogenated alkanes) is 1. The summed E-state index contributed by atoms with van der Waals surface area (Å²) in [5.74, 6) is 0.795. The molecule has 8 heteroatoms. The average Bonchev–Trinajstić information content (AvgIpc) is 3.06. The van der Waals surface area contributed by atoms with Gasteiger partial charge in [-0.2, -0.15) is 0 Å². The lowest BCUT2D eigenvalue weighted by Crippen LogP contribution is -2.39. The van der Waals surface area contributed by atoms with Crippen LogP contribution in [-0.4, -0.2) is 57.5 Å². The maximum Gasteiger partial charge on any atom is 0.191 e. The van der Waals surface area contributed by atoms with Crippen molar-refractivity contribution in [1.82, 2.24) is 15.6 Å². The summed E-state index contributed by atoms with van der Waals surface area (Å²) >= 11 is 1.73. The molecule has 6 nitrogen and oxygen atoms in total. The third-order valence-corrected chi connectivity index (χ3v) is 4.39. The van der Waals surface area contributed by atoms with Crippen LogP contribution in [0.25, 0.3) is 0 Å². The van der Waals surface area contributed by atoms with Gasteiger partial charge in [0.15, 0.2) is 5.96 Å². The highest BCUT2D eigenvalue weighted by Crippen LogP contribution is 2.10. The van der Waals surface area contributed by atoms with E-state index >= 15 is 0 Å². The van der Waals surface area contributed by atoms with Gasteiger partial charge < -0.3 is 20.1 Å². The summed E-state index contributed by atoms with van der Waals surface area (Å²) in [4.78, 5) is 8.76. The molecule has 1 aromatic rings. The minimum atomic E-state index is 0. The van der Waals surface area contributed by atoms with E-state index in [-0.39, 0.29) is 24.0 Å². The topological polar surface area (TPSA) is 67.8 Å². The summed E-state index contributed by atoms with van der Waals surface area (Å²) in [5.41, 5.74) is 1.14. The van der Waals surface area contributed by atoms with Crippen molar-refractivity contribution in [2.75, 3.05) is 46.6 Å². The van der Waals surface area contributed by atoms with Gasteiger partial charge in [-0.3, -0.25) is 4.99 Å². The monoisotopic (exact) mass is 484 g/mol. The van der Waals surface area contributed by atoms with Gasteiger partial charge in [0.05, 0.1) is 30.5 Å². The second kappa shape index (κ2) is 17.0. The first kappa shape index (κ1) is 24.6. The van der Waals surface area contributed by atoms with E-state index in [1.807, 2.05) is 0 Å². The number of hydrogen-bond acceptors (Lipinski definition) is 5. The van der Waals surface area contributed by atoms with Crippen molar-refractivity contribution < 1.29 is 9.47 Å². The van der Waals surface area contributed by atoms with Gasteiger partial charge in [-0.15, -0.1) is 35.3 Å². The van der Waals surface area contributed by atoms with E-state index in [1.165, 1.54) is 11.4 Å². The number of nitrogens with one attached hydrogen (secondary N) is 2. The molecule has 0 aliphatic carbocycles. The fraction of sp³-hybridized carbons (Fsp3) is 0.765. The van der Waals surface area contributed by atoms with Gasteiger partial charge >= 0.3 is 0 Å². The van der Waals surface area contributed by atoms with E-state index in [1.54, 1.807) is 18.4 Å². The van der Waals surface area contributed by atoms with Crippen LogP contribution < -0.4 is 10.6 Å². The van der Waals surface area contributed by atoms with Crippen molar-refractivity contribution in [3.8, 4) is 0 Å². The molecule has 0 aliphatic rings. The van der Waals surface area contributed by atoms with E-state index in [2.05, 4.69) is 39.8 Å². The Balaban J connectivity index is 0.00000576. The number of ether oxygens (including phenoxy) is 2. The van der Waals surface area contributed by atoms with Gasteiger partial charge in [-0.25, -0.2) is 4.98 Å². The van der Waals surface area contributed by atoms with Crippen LogP contribution in [0.4, 0.5) is 0 Å². The Bertz CT molecular complexity index is 458. The molecule has 0 bridgehead atoms. The molecule has 0 unspecified atom stereocenters. The first-order valence-electron chi connectivity index (χ1n) is 8.83. The highest BCUT2D eigenvalue weighted by atomic mass is 127.